The molecule has 9 heteroatoms. The van der Waals surface area contributed by atoms with E-state index in [1.807, 2.05) is 4.98 Å². The van der Waals surface area contributed by atoms with Crippen LogP contribution in [0.1, 0.15) is 22.5 Å². The second kappa shape index (κ2) is 7.34. The van der Waals surface area contributed by atoms with E-state index in [-0.39, 0.29) is 11.4 Å². The van der Waals surface area contributed by atoms with Gasteiger partial charge >= 0.3 is 5.69 Å². The van der Waals surface area contributed by atoms with Crippen LogP contribution in [0.4, 0.5) is 5.69 Å². The molecule has 0 atom stereocenters. The van der Waals surface area contributed by atoms with Crippen molar-refractivity contribution >= 4 is 34.8 Å². The van der Waals surface area contributed by atoms with Crippen LogP contribution in [0.15, 0.2) is 27.8 Å². The predicted octanol–water partition coefficient (Wildman–Crippen LogP) is 1.31. The largest absolute Gasteiger partial charge is 0.392 e. The molecule has 0 unspecified atom stereocenters. The summed E-state index contributed by atoms with van der Waals surface area (Å²) in [5.74, 6) is -0.629. The van der Waals surface area contributed by atoms with Crippen molar-refractivity contribution < 1.29 is 4.79 Å². The molecule has 2 aromatic rings. The summed E-state index contributed by atoms with van der Waals surface area (Å²) >= 11 is 12.1. The van der Waals surface area contributed by atoms with Crippen molar-refractivity contribution in [2.45, 2.75) is 12.8 Å². The van der Waals surface area contributed by atoms with Crippen LogP contribution in [0.3, 0.4) is 0 Å². The fourth-order valence-electron chi connectivity index (χ4n) is 2.00. The fourth-order valence-corrected chi connectivity index (χ4v) is 2.59. The van der Waals surface area contributed by atoms with E-state index >= 15 is 0 Å². The molecule has 1 aromatic heterocycles. The Morgan fingerprint density at radius 1 is 1.17 bits per heavy atom. The van der Waals surface area contributed by atoms with Crippen LogP contribution in [0, 0.1) is 0 Å². The van der Waals surface area contributed by atoms with E-state index in [4.69, 9.17) is 28.9 Å². The van der Waals surface area contributed by atoms with Crippen molar-refractivity contribution in [3.05, 3.63) is 60.3 Å². The Labute approximate surface area is 140 Å². The number of hydrogen-bond donors (Lipinski definition) is 4. The molecule has 2 rings (SSSR count). The number of halogens is 2. The van der Waals surface area contributed by atoms with E-state index in [0.29, 0.717) is 29.4 Å². The molecule has 0 saturated heterocycles. The average molecular weight is 357 g/mol. The minimum absolute atomic E-state index is 0.255. The summed E-state index contributed by atoms with van der Waals surface area (Å²) in [7, 11) is 0. The van der Waals surface area contributed by atoms with Crippen LogP contribution in [-0.4, -0.2) is 22.4 Å². The molecule has 7 nitrogen and oxygen atoms in total. The van der Waals surface area contributed by atoms with Gasteiger partial charge in [0.25, 0.3) is 11.5 Å². The van der Waals surface area contributed by atoms with E-state index in [2.05, 4.69) is 10.3 Å². The van der Waals surface area contributed by atoms with Crippen LogP contribution in [-0.2, 0) is 6.42 Å². The molecule has 0 radical (unpaired) electrons. The highest BCUT2D eigenvalue weighted by atomic mass is 35.5. The lowest BCUT2D eigenvalue weighted by molar-refractivity contribution is 0.0948. The van der Waals surface area contributed by atoms with Gasteiger partial charge in [-0.1, -0.05) is 29.3 Å². The topological polar surface area (TPSA) is 121 Å². The smallest absolute Gasteiger partial charge is 0.326 e. The maximum atomic E-state index is 11.9. The number of hydrogen-bond acceptors (Lipinski definition) is 4. The SMILES string of the molecule is Nc1c(C(=O)NCCCc2c(Cl)cccc2Cl)[nH]c(=O)[nH]c1=O. The maximum Gasteiger partial charge on any atom is 0.326 e. The first-order chi connectivity index (χ1) is 10.9. The molecule has 1 aromatic carbocycles. The molecule has 5 N–H and O–H groups in total. The van der Waals surface area contributed by atoms with Gasteiger partial charge in [0.05, 0.1) is 0 Å². The number of rotatable bonds is 5. The Balaban J connectivity index is 1.96. The molecule has 0 spiro atoms. The van der Waals surface area contributed by atoms with Crippen molar-refractivity contribution in [1.82, 2.24) is 15.3 Å². The van der Waals surface area contributed by atoms with Gasteiger partial charge in [-0.3, -0.25) is 14.6 Å². The summed E-state index contributed by atoms with van der Waals surface area (Å²) in [6.45, 7) is 0.300. The van der Waals surface area contributed by atoms with Gasteiger partial charge in [0.15, 0.2) is 0 Å². The quantitative estimate of drug-likeness (QED) is 0.603. The molecule has 23 heavy (non-hydrogen) atoms. The van der Waals surface area contributed by atoms with Crippen molar-refractivity contribution in [2.24, 2.45) is 0 Å². The van der Waals surface area contributed by atoms with Gasteiger partial charge in [-0.15, -0.1) is 0 Å². The van der Waals surface area contributed by atoms with E-state index in [0.717, 1.165) is 5.56 Å². The number of carbonyl (C=O) groups excluding carboxylic acids is 1. The lowest BCUT2D eigenvalue weighted by atomic mass is 10.1. The van der Waals surface area contributed by atoms with Crippen LogP contribution < -0.4 is 22.3 Å². The number of anilines is 1. The van der Waals surface area contributed by atoms with Gasteiger partial charge < -0.3 is 16.0 Å². The summed E-state index contributed by atoms with van der Waals surface area (Å²) in [6, 6.07) is 5.23. The van der Waals surface area contributed by atoms with Gasteiger partial charge in [-0.25, -0.2) is 4.79 Å². The number of aromatic nitrogens is 2. The highest BCUT2D eigenvalue weighted by Gasteiger charge is 2.13. The third-order valence-electron chi connectivity index (χ3n) is 3.16. The molecule has 0 bridgehead atoms. The average Bonchev–Trinajstić information content (AvgIpc) is 2.49. The Morgan fingerprint density at radius 3 is 2.48 bits per heavy atom. The molecule has 0 aliphatic heterocycles. The maximum absolute atomic E-state index is 11.9. The third kappa shape index (κ3) is 4.14. The Morgan fingerprint density at radius 2 is 1.83 bits per heavy atom. The number of nitrogens with two attached hydrogens (primary N) is 1. The highest BCUT2D eigenvalue weighted by molar-refractivity contribution is 6.35. The molecule has 0 aliphatic carbocycles. The molecule has 122 valence electrons. The van der Waals surface area contributed by atoms with Gasteiger partial charge in [0.1, 0.15) is 11.4 Å². The van der Waals surface area contributed by atoms with E-state index in [9.17, 15) is 14.4 Å². The lowest BCUT2D eigenvalue weighted by Gasteiger charge is -2.08. The Hall–Kier alpha value is -2.25. The number of aromatic amines is 2. The minimum atomic E-state index is -0.804. The molecular weight excluding hydrogens is 343 g/mol. The van der Waals surface area contributed by atoms with Gasteiger partial charge in [0.2, 0.25) is 0 Å². The summed E-state index contributed by atoms with van der Waals surface area (Å²) < 4.78 is 0. The first kappa shape index (κ1) is 17.1. The standard InChI is InChI=1S/C14H14Cl2N4O3/c15-8-4-1-5-9(16)7(8)3-2-6-18-13(22)11-10(17)12(21)20-14(23)19-11/h1,4-5H,2-3,6,17H2,(H,18,22)(H2,19,20,21,23). The second-order valence-electron chi connectivity index (χ2n) is 4.76. The number of nitrogens with one attached hydrogen (secondary N) is 3. The van der Waals surface area contributed by atoms with Crippen LogP contribution >= 0.6 is 23.2 Å². The number of amides is 1. The van der Waals surface area contributed by atoms with Gasteiger partial charge in [-0.05, 0) is 30.5 Å². The predicted molar refractivity (Wildman–Crippen MR) is 89.2 cm³/mol. The van der Waals surface area contributed by atoms with Gasteiger partial charge in [-0.2, -0.15) is 0 Å². The lowest BCUT2D eigenvalue weighted by Crippen LogP contribution is -2.34. The first-order valence-electron chi connectivity index (χ1n) is 6.73. The molecular formula is C14H14Cl2N4O3. The monoisotopic (exact) mass is 356 g/mol. The summed E-state index contributed by atoms with van der Waals surface area (Å²) in [5, 5.41) is 3.70. The van der Waals surface area contributed by atoms with Crippen LogP contribution in [0.25, 0.3) is 0 Å². The summed E-state index contributed by atoms with van der Waals surface area (Å²) in [4.78, 5) is 38.6. The first-order valence-corrected chi connectivity index (χ1v) is 7.49. The van der Waals surface area contributed by atoms with Crippen molar-refractivity contribution in [3.8, 4) is 0 Å². The zero-order valence-corrected chi connectivity index (χ0v) is 13.4. The number of H-pyrrole nitrogens is 2. The second-order valence-corrected chi connectivity index (χ2v) is 5.57. The molecule has 0 fully saturated rings. The molecule has 1 heterocycles. The summed E-state index contributed by atoms with van der Waals surface area (Å²) in [5.41, 5.74) is 4.09. The zero-order chi connectivity index (χ0) is 17.0. The third-order valence-corrected chi connectivity index (χ3v) is 3.87. The van der Waals surface area contributed by atoms with Crippen LogP contribution in [0.2, 0.25) is 10.0 Å². The van der Waals surface area contributed by atoms with Crippen molar-refractivity contribution in [2.75, 3.05) is 12.3 Å². The molecule has 0 aliphatic rings. The summed E-state index contributed by atoms with van der Waals surface area (Å²) in [6.07, 6.45) is 1.14. The van der Waals surface area contributed by atoms with Gasteiger partial charge in [0, 0.05) is 16.6 Å². The number of benzene rings is 1. The number of carbonyl (C=O) groups is 1. The normalized spacial score (nSPS) is 10.5. The van der Waals surface area contributed by atoms with Crippen LogP contribution in [0.5, 0.6) is 0 Å². The van der Waals surface area contributed by atoms with E-state index < -0.39 is 17.2 Å². The van der Waals surface area contributed by atoms with Crippen molar-refractivity contribution in [1.29, 1.82) is 0 Å². The Bertz CT molecular complexity index is 824. The van der Waals surface area contributed by atoms with Crippen molar-refractivity contribution in [3.63, 3.8) is 0 Å². The number of nitrogen functional groups attached to an aromatic ring is 1. The Kier molecular flexibility index (Phi) is 5.46. The molecule has 0 saturated carbocycles. The zero-order valence-electron chi connectivity index (χ0n) is 11.9. The molecule has 1 amide bonds. The minimum Gasteiger partial charge on any atom is -0.392 e. The fraction of sp³-hybridized carbons (Fsp3) is 0.214. The van der Waals surface area contributed by atoms with E-state index in [1.54, 1.807) is 18.2 Å². The van der Waals surface area contributed by atoms with E-state index in [1.165, 1.54) is 0 Å². The highest BCUT2D eigenvalue weighted by Crippen LogP contribution is 2.25.